The van der Waals surface area contributed by atoms with Gasteiger partial charge in [0, 0.05) is 23.2 Å². The number of rotatable bonds is 4. The molecule has 3 N–H and O–H groups in total. The zero-order chi connectivity index (χ0) is 16.2. The number of imidazole rings is 1. The predicted molar refractivity (Wildman–Crippen MR) is 92.5 cm³/mol. The van der Waals surface area contributed by atoms with Gasteiger partial charge in [-0.15, -0.1) is 22.7 Å². The quantitative estimate of drug-likeness (QED) is 0.563. The normalized spacial score (nSPS) is 12.6. The Hall–Kier alpha value is -1.39. The summed E-state index contributed by atoms with van der Waals surface area (Å²) in [4.78, 5) is 8.57. The van der Waals surface area contributed by atoms with Gasteiger partial charge in [-0.2, -0.15) is 0 Å². The van der Waals surface area contributed by atoms with Crippen molar-refractivity contribution in [3.63, 3.8) is 0 Å². The van der Waals surface area contributed by atoms with Gasteiger partial charge in [0.05, 0.1) is 0 Å². The van der Waals surface area contributed by atoms with E-state index in [4.69, 9.17) is 17.3 Å². The number of nitrogens with one attached hydrogen (secondary N) is 1. The number of hydrogen-bond donors (Lipinski definition) is 2. The molecule has 0 aliphatic heterocycles. The van der Waals surface area contributed by atoms with Crippen molar-refractivity contribution >= 4 is 59.3 Å². The van der Waals surface area contributed by atoms with E-state index in [2.05, 4.69) is 9.97 Å². The summed E-state index contributed by atoms with van der Waals surface area (Å²) in [6.45, 7) is 0.509. The molecule has 4 rings (SSSR count). The zero-order valence-electron chi connectivity index (χ0n) is 11.6. The van der Waals surface area contributed by atoms with Crippen molar-refractivity contribution < 1.29 is 8.42 Å². The number of sulfone groups is 1. The molecular weight excluding hydrogens is 376 g/mol. The fraction of sp³-hybridized carbons (Fsp3) is 0.154. The van der Waals surface area contributed by atoms with Crippen LogP contribution in [-0.2, 0) is 16.3 Å². The average Bonchev–Trinajstić information content (AvgIpc) is 3.19. The van der Waals surface area contributed by atoms with E-state index in [1.807, 2.05) is 6.20 Å². The summed E-state index contributed by atoms with van der Waals surface area (Å²) >= 11 is 8.60. The molecule has 0 saturated heterocycles. The largest absolute Gasteiger partial charge is 0.353 e. The van der Waals surface area contributed by atoms with Crippen LogP contribution in [0.25, 0.3) is 15.2 Å². The van der Waals surface area contributed by atoms with Crippen LogP contribution in [0.15, 0.2) is 33.1 Å². The SMILES string of the molecule is NCCc1c[nH]c2sc(S(=O)(=O)c3c(Cl)nc4sccn34)cc12. The van der Waals surface area contributed by atoms with E-state index in [0.717, 1.165) is 15.8 Å². The van der Waals surface area contributed by atoms with Gasteiger partial charge in [0.25, 0.3) is 0 Å². The van der Waals surface area contributed by atoms with Gasteiger partial charge in [-0.05, 0) is 24.6 Å². The molecule has 0 radical (unpaired) electrons. The van der Waals surface area contributed by atoms with Crippen molar-refractivity contribution in [1.82, 2.24) is 14.4 Å². The minimum absolute atomic E-state index is 0.00362. The van der Waals surface area contributed by atoms with Gasteiger partial charge in [-0.3, -0.25) is 4.40 Å². The Kier molecular flexibility index (Phi) is 3.50. The van der Waals surface area contributed by atoms with Crippen LogP contribution in [0.2, 0.25) is 5.15 Å². The summed E-state index contributed by atoms with van der Waals surface area (Å²) in [6.07, 6.45) is 4.22. The molecule has 23 heavy (non-hydrogen) atoms. The molecule has 0 saturated carbocycles. The van der Waals surface area contributed by atoms with Crippen molar-refractivity contribution in [2.75, 3.05) is 6.54 Å². The lowest BCUT2D eigenvalue weighted by molar-refractivity contribution is 0.593. The minimum Gasteiger partial charge on any atom is -0.353 e. The Balaban J connectivity index is 1.91. The Morgan fingerprint density at radius 3 is 3.04 bits per heavy atom. The van der Waals surface area contributed by atoms with E-state index >= 15 is 0 Å². The Labute approximate surface area is 144 Å². The van der Waals surface area contributed by atoms with E-state index in [0.29, 0.717) is 17.9 Å². The molecule has 0 spiro atoms. The van der Waals surface area contributed by atoms with Crippen LogP contribution in [-0.4, -0.2) is 29.3 Å². The number of thiophene rings is 1. The Morgan fingerprint density at radius 2 is 2.26 bits per heavy atom. The lowest BCUT2D eigenvalue weighted by atomic mass is 10.2. The van der Waals surface area contributed by atoms with Crippen molar-refractivity contribution in [2.45, 2.75) is 15.7 Å². The number of H-pyrrole nitrogens is 1. The first-order valence-electron chi connectivity index (χ1n) is 6.68. The number of aromatic nitrogens is 3. The number of aromatic amines is 1. The van der Waals surface area contributed by atoms with Gasteiger partial charge < -0.3 is 10.7 Å². The molecule has 0 unspecified atom stereocenters. The molecule has 10 heteroatoms. The average molecular weight is 387 g/mol. The van der Waals surface area contributed by atoms with Crippen molar-refractivity contribution in [2.24, 2.45) is 5.73 Å². The third-order valence-corrected chi connectivity index (χ3v) is 7.99. The first kappa shape index (κ1) is 15.2. The standard InChI is InChI=1S/C13H11ClN4O2S3/c14-10-12(18-3-4-21-13(18)17-10)23(19,20)9-5-8-7(1-2-15)6-16-11(8)22-9/h3-6,16H,1-2,15H2. The van der Waals surface area contributed by atoms with Gasteiger partial charge in [0.2, 0.25) is 9.84 Å². The molecular formula is C13H11ClN4O2S3. The second-order valence-corrected chi connectivity index (χ2v) is 9.30. The van der Waals surface area contributed by atoms with Gasteiger partial charge in [-0.25, -0.2) is 13.4 Å². The highest BCUT2D eigenvalue weighted by Crippen LogP contribution is 2.37. The number of halogens is 1. The van der Waals surface area contributed by atoms with Gasteiger partial charge in [-0.1, -0.05) is 11.6 Å². The van der Waals surface area contributed by atoms with E-state index in [-0.39, 0.29) is 14.4 Å². The van der Waals surface area contributed by atoms with Gasteiger partial charge in [0.15, 0.2) is 15.1 Å². The summed E-state index contributed by atoms with van der Waals surface area (Å²) in [5, 5.41) is 2.67. The number of nitrogens with zero attached hydrogens (tertiary/aromatic N) is 2. The Morgan fingerprint density at radius 1 is 1.43 bits per heavy atom. The van der Waals surface area contributed by atoms with E-state index in [9.17, 15) is 8.42 Å². The van der Waals surface area contributed by atoms with Gasteiger partial charge in [0.1, 0.15) is 9.04 Å². The fourth-order valence-corrected chi connectivity index (χ4v) is 6.67. The zero-order valence-corrected chi connectivity index (χ0v) is 14.8. The molecule has 120 valence electrons. The smallest absolute Gasteiger partial charge is 0.235 e. The highest BCUT2D eigenvalue weighted by molar-refractivity contribution is 7.93. The van der Waals surface area contributed by atoms with E-state index in [1.165, 1.54) is 27.1 Å². The van der Waals surface area contributed by atoms with Crippen LogP contribution in [0.3, 0.4) is 0 Å². The molecule has 0 atom stereocenters. The maximum Gasteiger partial charge on any atom is 0.235 e. The van der Waals surface area contributed by atoms with E-state index < -0.39 is 9.84 Å². The monoisotopic (exact) mass is 386 g/mol. The lowest BCUT2D eigenvalue weighted by Gasteiger charge is -2.00. The number of thiazole rings is 1. The molecule has 4 aromatic rings. The third kappa shape index (κ3) is 2.23. The predicted octanol–water partition coefficient (Wildman–Crippen LogP) is 2.93. The summed E-state index contributed by atoms with van der Waals surface area (Å²) < 4.78 is 27.7. The molecule has 0 aliphatic carbocycles. The molecule has 6 nitrogen and oxygen atoms in total. The number of fused-ring (bicyclic) bond motifs is 2. The molecule has 4 heterocycles. The first-order valence-corrected chi connectivity index (χ1v) is 10.2. The summed E-state index contributed by atoms with van der Waals surface area (Å²) in [7, 11) is -3.74. The van der Waals surface area contributed by atoms with Crippen LogP contribution in [0, 0.1) is 0 Å². The summed E-state index contributed by atoms with van der Waals surface area (Å²) in [6, 6.07) is 1.68. The molecule has 0 bridgehead atoms. The highest BCUT2D eigenvalue weighted by atomic mass is 35.5. The minimum atomic E-state index is -3.74. The van der Waals surface area contributed by atoms with Crippen molar-refractivity contribution in [3.05, 3.63) is 34.6 Å². The van der Waals surface area contributed by atoms with Crippen LogP contribution in [0.5, 0.6) is 0 Å². The maximum atomic E-state index is 13.0. The molecule has 0 amide bonds. The highest BCUT2D eigenvalue weighted by Gasteiger charge is 2.29. The third-order valence-electron chi connectivity index (χ3n) is 3.54. The van der Waals surface area contributed by atoms with Crippen molar-refractivity contribution in [3.8, 4) is 0 Å². The molecule has 0 fully saturated rings. The maximum absolute atomic E-state index is 13.0. The van der Waals surface area contributed by atoms with Crippen LogP contribution < -0.4 is 5.73 Å². The Bertz CT molecular complexity index is 1120. The topological polar surface area (TPSA) is 93.2 Å². The fourth-order valence-electron chi connectivity index (χ4n) is 2.51. The number of hydrogen-bond acceptors (Lipinski definition) is 6. The molecule has 0 aliphatic rings. The molecule has 4 aromatic heterocycles. The van der Waals surface area contributed by atoms with Crippen molar-refractivity contribution in [1.29, 1.82) is 0 Å². The molecule has 0 aromatic carbocycles. The van der Waals surface area contributed by atoms with Crippen LogP contribution in [0.1, 0.15) is 5.56 Å². The second-order valence-electron chi connectivity index (χ2n) is 4.93. The number of nitrogens with two attached hydrogens (primary N) is 1. The van der Waals surface area contributed by atoms with Gasteiger partial charge >= 0.3 is 0 Å². The lowest BCUT2D eigenvalue weighted by Crippen LogP contribution is -2.04. The second kappa shape index (κ2) is 5.32. The first-order chi connectivity index (χ1) is 11.0. The summed E-state index contributed by atoms with van der Waals surface area (Å²) in [5.41, 5.74) is 6.61. The van der Waals surface area contributed by atoms with Crippen LogP contribution >= 0.6 is 34.3 Å². The summed E-state index contributed by atoms with van der Waals surface area (Å²) in [5.74, 6) is 0. The van der Waals surface area contributed by atoms with Crippen LogP contribution in [0.4, 0.5) is 0 Å². The van der Waals surface area contributed by atoms with E-state index in [1.54, 1.807) is 17.6 Å².